The molecule has 0 aliphatic carbocycles. The van der Waals surface area contributed by atoms with Crippen LogP contribution in [0.4, 0.5) is 34.1 Å². The monoisotopic (exact) mass is 820 g/mol. The zero-order valence-electron chi connectivity index (χ0n) is 35.3. The minimum atomic E-state index is -2.18. The first-order valence-corrected chi connectivity index (χ1v) is 24.9. The van der Waals surface area contributed by atoms with Crippen LogP contribution in [0.15, 0.2) is 231 Å². The number of rotatable bonds is 7. The smallest absolute Gasteiger partial charge is 0.113 e. The maximum atomic E-state index is 2.54. The van der Waals surface area contributed by atoms with Crippen LogP contribution in [0.25, 0.3) is 65.3 Å². The molecule has 0 fully saturated rings. The summed E-state index contributed by atoms with van der Waals surface area (Å²) in [6.07, 6.45) is 0. The predicted octanol–water partition coefficient (Wildman–Crippen LogP) is 15.7. The van der Waals surface area contributed by atoms with Gasteiger partial charge >= 0.3 is 0 Å². The molecule has 1 heterocycles. The van der Waals surface area contributed by atoms with Crippen LogP contribution in [0.2, 0.25) is 13.1 Å². The third kappa shape index (κ3) is 6.07. The van der Waals surface area contributed by atoms with E-state index in [0.29, 0.717) is 0 Å². The maximum Gasteiger partial charge on any atom is 0.113 e. The van der Waals surface area contributed by atoms with Gasteiger partial charge in [0.15, 0.2) is 0 Å². The van der Waals surface area contributed by atoms with Crippen molar-refractivity contribution < 1.29 is 0 Å². The van der Waals surface area contributed by atoms with E-state index in [0.717, 1.165) is 28.4 Å². The Labute approximate surface area is 369 Å². The van der Waals surface area contributed by atoms with Gasteiger partial charge in [-0.05, 0) is 167 Å². The van der Waals surface area contributed by atoms with Crippen LogP contribution < -0.4 is 20.2 Å². The Hall–Kier alpha value is -7.72. The summed E-state index contributed by atoms with van der Waals surface area (Å²) in [5.41, 5.74) is 12.1. The molecule has 1 aliphatic heterocycles. The quantitative estimate of drug-likeness (QED) is 0.117. The van der Waals surface area contributed by atoms with E-state index in [4.69, 9.17) is 0 Å². The number of hydrogen-bond donors (Lipinski definition) is 0. The Morgan fingerprint density at radius 1 is 0.286 bits per heavy atom. The van der Waals surface area contributed by atoms with Gasteiger partial charge in [-0.2, -0.15) is 0 Å². The van der Waals surface area contributed by atoms with Gasteiger partial charge in [0.25, 0.3) is 0 Å². The zero-order valence-corrected chi connectivity index (χ0v) is 36.3. The first kappa shape index (κ1) is 37.1. The second-order valence-electron chi connectivity index (χ2n) is 17.3. The summed E-state index contributed by atoms with van der Waals surface area (Å²) in [7, 11) is -2.18. The summed E-state index contributed by atoms with van der Waals surface area (Å²) in [6.45, 7) is 5.08. The number of para-hydroxylation sites is 4. The lowest BCUT2D eigenvalue weighted by molar-refractivity contribution is 1.29. The number of anilines is 6. The minimum absolute atomic E-state index is 1.14. The van der Waals surface area contributed by atoms with Crippen molar-refractivity contribution in [3.8, 4) is 22.3 Å². The van der Waals surface area contributed by atoms with E-state index < -0.39 is 8.07 Å². The van der Waals surface area contributed by atoms with Gasteiger partial charge in [0.1, 0.15) is 8.07 Å². The molecule has 63 heavy (non-hydrogen) atoms. The molecule has 0 saturated heterocycles. The summed E-state index contributed by atoms with van der Waals surface area (Å²) >= 11 is 0. The van der Waals surface area contributed by atoms with Crippen LogP contribution in [0.5, 0.6) is 0 Å². The standard InChI is InChI=1S/C60H44N2Si/c1-63(2)58-29-17-28-53-56-39-54(43-31-30-42-37-48(33-32-41(42)36-43)61(44-18-7-3-8-19-44)45-20-9-4-10-21-45)50-26-15-16-27-51(50)55(56)40-57(60(53)58)52-35-34-49(38-59(52)63)62(46-22-11-5-12-23-46)47-24-13-6-14-25-47/h3-40H,1-2H3. The van der Waals surface area contributed by atoms with Crippen LogP contribution in [0.1, 0.15) is 0 Å². The number of benzene rings is 11. The van der Waals surface area contributed by atoms with Gasteiger partial charge in [-0.15, -0.1) is 0 Å². The van der Waals surface area contributed by atoms with Crippen LogP contribution in [-0.4, -0.2) is 8.07 Å². The van der Waals surface area contributed by atoms with Gasteiger partial charge in [-0.3, -0.25) is 0 Å². The molecule has 0 saturated carbocycles. The number of nitrogens with zero attached hydrogens (tertiary/aromatic N) is 2. The maximum absolute atomic E-state index is 2.54. The Bertz CT molecular complexity index is 3450. The molecular weight excluding hydrogens is 777 g/mol. The average Bonchev–Trinajstić information content (AvgIpc) is 3.34. The van der Waals surface area contributed by atoms with Crippen molar-refractivity contribution in [2.24, 2.45) is 0 Å². The van der Waals surface area contributed by atoms with Crippen molar-refractivity contribution >= 4 is 95.7 Å². The molecule has 0 aromatic heterocycles. The molecule has 0 amide bonds. The highest BCUT2D eigenvalue weighted by Gasteiger charge is 2.36. The molecule has 2 nitrogen and oxygen atoms in total. The van der Waals surface area contributed by atoms with E-state index in [2.05, 4.69) is 253 Å². The Morgan fingerprint density at radius 3 is 1.38 bits per heavy atom. The molecule has 0 radical (unpaired) electrons. The highest BCUT2D eigenvalue weighted by atomic mass is 28.3. The summed E-state index contributed by atoms with van der Waals surface area (Å²) < 4.78 is 0. The van der Waals surface area contributed by atoms with E-state index in [1.165, 1.54) is 81.4 Å². The van der Waals surface area contributed by atoms with Gasteiger partial charge < -0.3 is 9.80 Å². The lowest BCUT2D eigenvalue weighted by Gasteiger charge is -2.35. The molecule has 12 rings (SSSR count). The summed E-state index contributed by atoms with van der Waals surface area (Å²) in [5.74, 6) is 0. The zero-order chi connectivity index (χ0) is 42.1. The second kappa shape index (κ2) is 14.7. The highest BCUT2D eigenvalue weighted by molar-refractivity contribution is 7.03. The van der Waals surface area contributed by atoms with E-state index in [1.807, 2.05) is 0 Å². The molecule has 0 bridgehead atoms. The van der Waals surface area contributed by atoms with Gasteiger partial charge in [-0.25, -0.2) is 0 Å². The fourth-order valence-corrected chi connectivity index (χ4v) is 13.4. The lowest BCUT2D eigenvalue weighted by Crippen LogP contribution is -2.56. The van der Waals surface area contributed by atoms with Crippen molar-refractivity contribution in [1.29, 1.82) is 0 Å². The average molecular weight is 821 g/mol. The van der Waals surface area contributed by atoms with Crippen molar-refractivity contribution in [2.75, 3.05) is 9.80 Å². The van der Waals surface area contributed by atoms with Gasteiger partial charge in [0.05, 0.1) is 0 Å². The molecular formula is C60H44N2Si. The van der Waals surface area contributed by atoms with Crippen LogP contribution >= 0.6 is 0 Å². The van der Waals surface area contributed by atoms with Crippen molar-refractivity contribution in [2.45, 2.75) is 13.1 Å². The van der Waals surface area contributed by atoms with E-state index in [-0.39, 0.29) is 0 Å². The Morgan fingerprint density at radius 2 is 0.762 bits per heavy atom. The fourth-order valence-electron chi connectivity index (χ4n) is 10.3. The second-order valence-corrected chi connectivity index (χ2v) is 21.7. The topological polar surface area (TPSA) is 6.48 Å². The molecule has 0 unspecified atom stereocenters. The first-order chi connectivity index (χ1) is 31.0. The van der Waals surface area contributed by atoms with E-state index in [9.17, 15) is 0 Å². The van der Waals surface area contributed by atoms with Gasteiger partial charge in [0, 0.05) is 34.1 Å². The molecule has 11 aromatic carbocycles. The molecule has 3 heteroatoms. The lowest BCUT2D eigenvalue weighted by atomic mass is 9.87. The SMILES string of the molecule is C[Si]1(C)c2cc(N(c3ccccc3)c3ccccc3)ccc2-c2cc3c4ccccc4c(-c4ccc5cc(N(c6ccccc6)c6ccccc6)ccc5c4)cc3c3cccc1c23. The molecule has 11 aromatic rings. The van der Waals surface area contributed by atoms with Crippen LogP contribution in [0.3, 0.4) is 0 Å². The van der Waals surface area contributed by atoms with Crippen molar-refractivity contribution in [3.63, 3.8) is 0 Å². The highest BCUT2D eigenvalue weighted by Crippen LogP contribution is 2.45. The largest absolute Gasteiger partial charge is 0.311 e. The molecule has 0 N–H and O–H groups in total. The predicted molar refractivity (Wildman–Crippen MR) is 273 cm³/mol. The number of hydrogen-bond acceptors (Lipinski definition) is 2. The Kier molecular flexibility index (Phi) is 8.67. The summed E-state index contributed by atoms with van der Waals surface area (Å²) in [5, 5.41) is 13.3. The number of fused-ring (bicyclic) bond motifs is 7. The van der Waals surface area contributed by atoms with Crippen molar-refractivity contribution in [1.82, 2.24) is 0 Å². The van der Waals surface area contributed by atoms with Gasteiger partial charge in [0.2, 0.25) is 0 Å². The third-order valence-corrected chi connectivity index (χ3v) is 16.9. The van der Waals surface area contributed by atoms with E-state index >= 15 is 0 Å². The Balaban J connectivity index is 1.01. The molecule has 298 valence electrons. The fraction of sp³-hybridized carbons (Fsp3) is 0.0333. The van der Waals surface area contributed by atoms with E-state index in [1.54, 1.807) is 0 Å². The minimum Gasteiger partial charge on any atom is -0.311 e. The molecule has 1 aliphatic rings. The summed E-state index contributed by atoms with van der Waals surface area (Å²) in [6, 6.07) is 85.0. The summed E-state index contributed by atoms with van der Waals surface area (Å²) in [4.78, 5) is 4.73. The van der Waals surface area contributed by atoms with Crippen LogP contribution in [0, 0.1) is 0 Å². The molecule has 0 spiro atoms. The van der Waals surface area contributed by atoms with Gasteiger partial charge in [-0.1, -0.05) is 153 Å². The first-order valence-electron chi connectivity index (χ1n) is 21.9. The molecule has 0 atom stereocenters. The van der Waals surface area contributed by atoms with Crippen LogP contribution in [-0.2, 0) is 0 Å². The third-order valence-electron chi connectivity index (χ3n) is 13.3. The normalized spacial score (nSPS) is 12.7. The van der Waals surface area contributed by atoms with Crippen molar-refractivity contribution in [3.05, 3.63) is 231 Å².